The Morgan fingerprint density at radius 2 is 2.47 bits per heavy atom. The average Bonchev–Trinajstić information content (AvgIpc) is 2.97. The molecule has 5 nitrogen and oxygen atoms in total. The third-order valence-electron chi connectivity index (χ3n) is 2.68. The summed E-state index contributed by atoms with van der Waals surface area (Å²) in [7, 11) is 0. The van der Waals surface area contributed by atoms with E-state index in [0.717, 1.165) is 0 Å². The molecule has 88 valence electrons. The van der Waals surface area contributed by atoms with Crippen LogP contribution in [0.25, 0.3) is 0 Å². The molecule has 0 saturated heterocycles. The van der Waals surface area contributed by atoms with Gasteiger partial charge in [0, 0.05) is 11.4 Å². The molecule has 0 radical (unpaired) electrons. The second-order valence-electron chi connectivity index (χ2n) is 3.75. The first kappa shape index (κ1) is 10.2. The Morgan fingerprint density at radius 3 is 3.18 bits per heavy atom. The average molecular weight is 250 g/mol. The van der Waals surface area contributed by atoms with Crippen LogP contribution in [0.15, 0.2) is 28.2 Å². The van der Waals surface area contributed by atoms with Crippen molar-refractivity contribution in [1.29, 1.82) is 0 Å². The SMILES string of the molecule is O=C(O)c1occ2c1NCC(c1cccs1)N2. The van der Waals surface area contributed by atoms with Crippen LogP contribution in [0.5, 0.6) is 0 Å². The van der Waals surface area contributed by atoms with E-state index >= 15 is 0 Å². The molecule has 0 saturated carbocycles. The lowest BCUT2D eigenvalue weighted by molar-refractivity contribution is 0.0664. The maximum atomic E-state index is 10.9. The molecule has 6 heteroatoms. The van der Waals surface area contributed by atoms with Crippen LogP contribution < -0.4 is 10.6 Å². The van der Waals surface area contributed by atoms with E-state index < -0.39 is 5.97 Å². The molecular formula is C11H10N2O3S. The predicted molar refractivity (Wildman–Crippen MR) is 64.8 cm³/mol. The van der Waals surface area contributed by atoms with Crippen molar-refractivity contribution in [2.24, 2.45) is 0 Å². The molecule has 1 aliphatic rings. The highest BCUT2D eigenvalue weighted by Crippen LogP contribution is 2.36. The van der Waals surface area contributed by atoms with Gasteiger partial charge in [-0.3, -0.25) is 0 Å². The fraction of sp³-hybridized carbons (Fsp3) is 0.182. The van der Waals surface area contributed by atoms with Crippen LogP contribution in [-0.4, -0.2) is 17.6 Å². The second kappa shape index (κ2) is 3.81. The molecule has 3 N–H and O–H groups in total. The number of thiophene rings is 1. The van der Waals surface area contributed by atoms with E-state index in [4.69, 9.17) is 9.52 Å². The molecular weight excluding hydrogens is 240 g/mol. The normalized spacial score (nSPS) is 18.0. The number of carboxylic acids is 1. The highest BCUT2D eigenvalue weighted by atomic mass is 32.1. The van der Waals surface area contributed by atoms with Crippen LogP contribution in [-0.2, 0) is 0 Å². The van der Waals surface area contributed by atoms with Gasteiger partial charge in [0.2, 0.25) is 5.76 Å². The van der Waals surface area contributed by atoms with Crippen LogP contribution in [0, 0.1) is 0 Å². The molecule has 0 spiro atoms. The molecule has 0 fully saturated rings. The molecule has 0 aromatic carbocycles. The molecule has 0 bridgehead atoms. The first-order chi connectivity index (χ1) is 8.25. The largest absolute Gasteiger partial charge is 0.475 e. The summed E-state index contributed by atoms with van der Waals surface area (Å²) < 4.78 is 5.02. The zero-order valence-corrected chi connectivity index (χ0v) is 9.58. The number of furan rings is 1. The Labute approximate surface area is 101 Å². The van der Waals surface area contributed by atoms with Gasteiger partial charge in [0.25, 0.3) is 0 Å². The minimum absolute atomic E-state index is 0.0443. The van der Waals surface area contributed by atoms with Gasteiger partial charge in [-0.25, -0.2) is 4.79 Å². The number of hydrogen-bond acceptors (Lipinski definition) is 5. The zero-order valence-electron chi connectivity index (χ0n) is 8.77. The lowest BCUT2D eigenvalue weighted by Gasteiger charge is -2.24. The molecule has 3 rings (SSSR count). The van der Waals surface area contributed by atoms with Crippen molar-refractivity contribution in [3.05, 3.63) is 34.4 Å². The van der Waals surface area contributed by atoms with Crippen LogP contribution >= 0.6 is 11.3 Å². The second-order valence-corrected chi connectivity index (χ2v) is 4.73. The number of rotatable bonds is 2. The van der Waals surface area contributed by atoms with E-state index in [0.29, 0.717) is 17.9 Å². The summed E-state index contributed by atoms with van der Waals surface area (Å²) in [5.74, 6) is -1.10. The number of carbonyl (C=O) groups is 1. The first-order valence-electron chi connectivity index (χ1n) is 5.14. The number of hydrogen-bond donors (Lipinski definition) is 3. The summed E-state index contributed by atoms with van der Waals surface area (Å²) in [6.45, 7) is 0.646. The third-order valence-corrected chi connectivity index (χ3v) is 3.67. The first-order valence-corrected chi connectivity index (χ1v) is 6.02. The van der Waals surface area contributed by atoms with Gasteiger partial charge in [0.1, 0.15) is 12.0 Å². The molecule has 1 aliphatic heterocycles. The van der Waals surface area contributed by atoms with Crippen molar-refractivity contribution in [3.63, 3.8) is 0 Å². The summed E-state index contributed by atoms with van der Waals surface area (Å²) in [6.07, 6.45) is 1.44. The summed E-state index contributed by atoms with van der Waals surface area (Å²) in [4.78, 5) is 12.1. The monoisotopic (exact) mass is 250 g/mol. The minimum atomic E-state index is -1.06. The number of fused-ring (bicyclic) bond motifs is 1. The Balaban J connectivity index is 1.89. The molecule has 2 aromatic rings. The highest BCUT2D eigenvalue weighted by molar-refractivity contribution is 7.10. The van der Waals surface area contributed by atoms with Gasteiger partial charge in [-0.05, 0) is 11.4 Å². The third kappa shape index (κ3) is 1.66. The van der Waals surface area contributed by atoms with E-state index in [-0.39, 0.29) is 11.8 Å². The van der Waals surface area contributed by atoms with Crippen molar-refractivity contribution in [1.82, 2.24) is 0 Å². The maximum Gasteiger partial charge on any atom is 0.374 e. The van der Waals surface area contributed by atoms with Crippen LogP contribution in [0.1, 0.15) is 21.5 Å². The van der Waals surface area contributed by atoms with Gasteiger partial charge >= 0.3 is 5.97 Å². The summed E-state index contributed by atoms with van der Waals surface area (Å²) in [5, 5.41) is 17.3. The number of nitrogens with one attached hydrogen (secondary N) is 2. The standard InChI is InChI=1S/C11H10N2O3S/c14-11(15)10-9-7(5-16-10)13-6(4-12-9)8-2-1-3-17-8/h1-3,5-6,12-13H,4H2,(H,14,15). The van der Waals surface area contributed by atoms with Crippen LogP contribution in [0.2, 0.25) is 0 Å². The fourth-order valence-electron chi connectivity index (χ4n) is 1.90. The fourth-order valence-corrected chi connectivity index (χ4v) is 2.68. The van der Waals surface area contributed by atoms with Gasteiger partial charge in [-0.15, -0.1) is 11.3 Å². The van der Waals surface area contributed by atoms with E-state index in [1.165, 1.54) is 11.1 Å². The Hall–Kier alpha value is -1.95. The molecule has 1 atom stereocenters. The van der Waals surface area contributed by atoms with Gasteiger partial charge in [-0.1, -0.05) is 6.07 Å². The van der Waals surface area contributed by atoms with E-state index in [2.05, 4.69) is 10.6 Å². The lowest BCUT2D eigenvalue weighted by Crippen LogP contribution is -2.25. The topological polar surface area (TPSA) is 74.5 Å². The van der Waals surface area contributed by atoms with Crippen molar-refractivity contribution in [2.75, 3.05) is 17.2 Å². The maximum absolute atomic E-state index is 10.9. The Morgan fingerprint density at radius 1 is 1.59 bits per heavy atom. The van der Waals surface area contributed by atoms with Crippen molar-refractivity contribution in [2.45, 2.75) is 6.04 Å². The molecule has 1 unspecified atom stereocenters. The van der Waals surface area contributed by atoms with Gasteiger partial charge in [-0.2, -0.15) is 0 Å². The smallest absolute Gasteiger partial charge is 0.374 e. The quantitative estimate of drug-likeness (QED) is 0.764. The number of carboxylic acid groups (broad SMARTS) is 1. The molecule has 0 amide bonds. The lowest BCUT2D eigenvalue weighted by atomic mass is 10.1. The van der Waals surface area contributed by atoms with Gasteiger partial charge in [0.05, 0.1) is 11.7 Å². The van der Waals surface area contributed by atoms with E-state index in [1.807, 2.05) is 17.5 Å². The Kier molecular flexibility index (Phi) is 2.29. The Bertz CT molecular complexity index is 547. The van der Waals surface area contributed by atoms with Crippen molar-refractivity contribution >= 4 is 28.7 Å². The van der Waals surface area contributed by atoms with Crippen LogP contribution in [0.4, 0.5) is 11.4 Å². The molecule has 2 aromatic heterocycles. The van der Waals surface area contributed by atoms with Crippen LogP contribution in [0.3, 0.4) is 0 Å². The van der Waals surface area contributed by atoms with E-state index in [1.54, 1.807) is 11.3 Å². The summed E-state index contributed by atoms with van der Waals surface area (Å²) in [5.41, 5.74) is 1.23. The molecule has 3 heterocycles. The number of anilines is 2. The van der Waals surface area contributed by atoms with E-state index in [9.17, 15) is 4.79 Å². The number of aromatic carboxylic acids is 1. The van der Waals surface area contributed by atoms with Crippen molar-refractivity contribution < 1.29 is 14.3 Å². The van der Waals surface area contributed by atoms with Gasteiger partial charge < -0.3 is 20.2 Å². The molecule has 17 heavy (non-hydrogen) atoms. The molecule has 0 aliphatic carbocycles. The van der Waals surface area contributed by atoms with Crippen molar-refractivity contribution in [3.8, 4) is 0 Å². The summed E-state index contributed by atoms with van der Waals surface area (Å²) in [6, 6.07) is 4.20. The van der Waals surface area contributed by atoms with Gasteiger partial charge in [0.15, 0.2) is 0 Å². The highest BCUT2D eigenvalue weighted by Gasteiger charge is 2.26. The summed E-state index contributed by atoms with van der Waals surface area (Å²) >= 11 is 1.67. The zero-order chi connectivity index (χ0) is 11.8. The minimum Gasteiger partial charge on any atom is -0.475 e. The predicted octanol–water partition coefficient (Wildman–Crippen LogP) is 2.62.